The van der Waals surface area contributed by atoms with Gasteiger partial charge in [-0.3, -0.25) is 9.59 Å². The minimum atomic E-state index is -0.372. The van der Waals surface area contributed by atoms with Crippen LogP contribution in [0.5, 0.6) is 0 Å². The van der Waals surface area contributed by atoms with Crippen molar-refractivity contribution in [1.29, 1.82) is 0 Å². The van der Waals surface area contributed by atoms with E-state index >= 15 is 0 Å². The summed E-state index contributed by atoms with van der Waals surface area (Å²) < 4.78 is 0. The third-order valence-electron chi connectivity index (χ3n) is 4.62. The lowest BCUT2D eigenvalue weighted by molar-refractivity contribution is -0.122. The predicted octanol–water partition coefficient (Wildman–Crippen LogP) is 3.74. The van der Waals surface area contributed by atoms with Gasteiger partial charge in [-0.05, 0) is 31.0 Å². The fourth-order valence-corrected chi connectivity index (χ4v) is 4.01. The summed E-state index contributed by atoms with van der Waals surface area (Å²) in [6.07, 6.45) is 2.35. The van der Waals surface area contributed by atoms with E-state index in [2.05, 4.69) is 29.4 Å². The Morgan fingerprint density at radius 3 is 2.96 bits per heavy atom. The van der Waals surface area contributed by atoms with Crippen molar-refractivity contribution in [3.63, 3.8) is 0 Å². The molecule has 0 spiro atoms. The lowest BCUT2D eigenvalue weighted by Gasteiger charge is -2.17. The van der Waals surface area contributed by atoms with E-state index in [0.717, 1.165) is 29.1 Å². The number of carbonyl (C=O) groups excluding carboxylic acids is 2. The highest BCUT2D eigenvalue weighted by molar-refractivity contribution is 7.15. The summed E-state index contributed by atoms with van der Waals surface area (Å²) in [7, 11) is 0. The molecular formula is C19H24N4O2S. The first kappa shape index (κ1) is 18.5. The average molecular weight is 372 g/mol. The van der Waals surface area contributed by atoms with Gasteiger partial charge in [-0.25, -0.2) is 0 Å². The molecular weight excluding hydrogens is 348 g/mol. The molecule has 1 fully saturated rings. The van der Waals surface area contributed by atoms with Gasteiger partial charge in [0.15, 0.2) is 0 Å². The second-order valence-electron chi connectivity index (χ2n) is 6.87. The molecule has 0 aliphatic carbocycles. The smallest absolute Gasteiger partial charge is 0.231 e. The predicted molar refractivity (Wildman–Crippen MR) is 104 cm³/mol. The maximum absolute atomic E-state index is 12.6. The lowest BCUT2D eigenvalue weighted by atomic mass is 10.1. The fourth-order valence-electron chi connectivity index (χ4n) is 3.18. The van der Waals surface area contributed by atoms with Crippen molar-refractivity contribution in [2.45, 2.75) is 46.0 Å². The summed E-state index contributed by atoms with van der Waals surface area (Å²) >= 11 is 1.42. The topological polar surface area (TPSA) is 75.2 Å². The number of nitrogens with one attached hydrogen (secondary N) is 1. The molecule has 2 heterocycles. The van der Waals surface area contributed by atoms with Gasteiger partial charge in [0.2, 0.25) is 16.9 Å². The molecule has 26 heavy (non-hydrogen) atoms. The molecule has 2 atom stereocenters. The number of hydrogen-bond donors (Lipinski definition) is 1. The molecule has 138 valence electrons. The number of aryl methyl sites for hydroxylation is 1. The first-order valence-corrected chi connectivity index (χ1v) is 9.81. The normalized spacial score (nSPS) is 18.2. The summed E-state index contributed by atoms with van der Waals surface area (Å²) in [5.41, 5.74) is 1.93. The zero-order valence-electron chi connectivity index (χ0n) is 15.4. The highest BCUT2D eigenvalue weighted by Gasteiger charge is 2.35. The van der Waals surface area contributed by atoms with Crippen LogP contribution in [0.1, 0.15) is 49.6 Å². The lowest BCUT2D eigenvalue weighted by Crippen LogP contribution is -2.28. The van der Waals surface area contributed by atoms with Crippen molar-refractivity contribution in [1.82, 2.24) is 10.2 Å². The molecule has 1 aliphatic rings. The van der Waals surface area contributed by atoms with Crippen LogP contribution in [0.3, 0.4) is 0 Å². The van der Waals surface area contributed by atoms with Gasteiger partial charge >= 0.3 is 0 Å². The minimum Gasteiger partial charge on any atom is -0.312 e. The van der Waals surface area contributed by atoms with Gasteiger partial charge in [0.05, 0.1) is 5.92 Å². The van der Waals surface area contributed by atoms with Crippen LogP contribution >= 0.6 is 11.3 Å². The van der Waals surface area contributed by atoms with Gasteiger partial charge in [-0.15, -0.1) is 10.2 Å². The molecule has 1 N–H and O–H groups in total. The number of carbonyl (C=O) groups is 2. The van der Waals surface area contributed by atoms with Crippen LogP contribution in [-0.4, -0.2) is 28.6 Å². The van der Waals surface area contributed by atoms with Crippen molar-refractivity contribution in [3.05, 3.63) is 34.8 Å². The standard InChI is InChI=1S/C19H24N4O2S/c1-4-6-13(3)18-21-22-19(26-18)20-17(25)14-10-16(24)23(11-14)15-8-5-7-12(2)9-15/h5,7-9,13-14H,4,6,10-11H2,1-3H3,(H,20,22,25). The van der Waals surface area contributed by atoms with Crippen LogP contribution in [0.2, 0.25) is 0 Å². The van der Waals surface area contributed by atoms with E-state index < -0.39 is 0 Å². The van der Waals surface area contributed by atoms with Gasteiger partial charge < -0.3 is 10.2 Å². The number of nitrogens with zero attached hydrogens (tertiary/aromatic N) is 3. The molecule has 2 aromatic rings. The van der Waals surface area contributed by atoms with Crippen molar-refractivity contribution in [3.8, 4) is 0 Å². The quantitative estimate of drug-likeness (QED) is 0.838. The number of amides is 2. The van der Waals surface area contributed by atoms with E-state index in [1.807, 2.05) is 31.2 Å². The Morgan fingerprint density at radius 2 is 2.23 bits per heavy atom. The molecule has 2 unspecified atom stereocenters. The first-order valence-electron chi connectivity index (χ1n) is 8.99. The van der Waals surface area contributed by atoms with Crippen LogP contribution in [0.25, 0.3) is 0 Å². The van der Waals surface area contributed by atoms with Gasteiger partial charge in [0.25, 0.3) is 0 Å². The van der Waals surface area contributed by atoms with Crippen LogP contribution < -0.4 is 10.2 Å². The van der Waals surface area contributed by atoms with Gasteiger partial charge in [0.1, 0.15) is 5.01 Å². The summed E-state index contributed by atoms with van der Waals surface area (Å²) in [4.78, 5) is 26.6. The van der Waals surface area contributed by atoms with E-state index in [1.165, 1.54) is 11.3 Å². The molecule has 0 bridgehead atoms. The van der Waals surface area contributed by atoms with Crippen molar-refractivity contribution in [2.75, 3.05) is 16.8 Å². The summed E-state index contributed by atoms with van der Waals surface area (Å²) in [5, 5.41) is 12.5. The Balaban J connectivity index is 1.63. The molecule has 1 aromatic heterocycles. The molecule has 7 heteroatoms. The van der Waals surface area contributed by atoms with Gasteiger partial charge in [-0.2, -0.15) is 0 Å². The maximum Gasteiger partial charge on any atom is 0.231 e. The highest BCUT2D eigenvalue weighted by atomic mass is 32.1. The van der Waals surface area contributed by atoms with E-state index in [1.54, 1.807) is 4.90 Å². The van der Waals surface area contributed by atoms with E-state index in [4.69, 9.17) is 0 Å². The number of anilines is 2. The molecule has 1 aromatic carbocycles. The van der Waals surface area contributed by atoms with E-state index in [0.29, 0.717) is 17.6 Å². The third-order valence-corrected chi connectivity index (χ3v) is 5.69. The van der Waals surface area contributed by atoms with Crippen LogP contribution in [0.15, 0.2) is 24.3 Å². The number of rotatable bonds is 6. The van der Waals surface area contributed by atoms with Crippen molar-refractivity contribution < 1.29 is 9.59 Å². The van der Waals surface area contributed by atoms with Crippen LogP contribution in [-0.2, 0) is 9.59 Å². The van der Waals surface area contributed by atoms with Crippen LogP contribution in [0.4, 0.5) is 10.8 Å². The second-order valence-corrected chi connectivity index (χ2v) is 7.88. The zero-order chi connectivity index (χ0) is 18.7. The fraction of sp³-hybridized carbons (Fsp3) is 0.474. The molecule has 0 saturated carbocycles. The van der Waals surface area contributed by atoms with Gasteiger partial charge in [0, 0.05) is 24.6 Å². The zero-order valence-corrected chi connectivity index (χ0v) is 16.2. The molecule has 1 saturated heterocycles. The largest absolute Gasteiger partial charge is 0.312 e. The highest BCUT2D eigenvalue weighted by Crippen LogP contribution is 2.29. The Bertz CT molecular complexity index is 804. The van der Waals surface area contributed by atoms with Crippen molar-refractivity contribution in [2.24, 2.45) is 5.92 Å². The van der Waals surface area contributed by atoms with E-state index in [-0.39, 0.29) is 24.2 Å². The van der Waals surface area contributed by atoms with Crippen molar-refractivity contribution >= 4 is 34.0 Å². The number of aromatic nitrogens is 2. The number of benzene rings is 1. The molecule has 3 rings (SSSR count). The summed E-state index contributed by atoms with van der Waals surface area (Å²) in [6, 6.07) is 7.77. The monoisotopic (exact) mass is 372 g/mol. The second kappa shape index (κ2) is 7.95. The molecule has 6 nitrogen and oxygen atoms in total. The Hall–Kier alpha value is -2.28. The third kappa shape index (κ3) is 4.09. The summed E-state index contributed by atoms with van der Waals surface area (Å²) in [5.74, 6) is -0.221. The minimum absolute atomic E-state index is 0.0229. The summed E-state index contributed by atoms with van der Waals surface area (Å²) in [6.45, 7) is 6.63. The Morgan fingerprint density at radius 1 is 1.42 bits per heavy atom. The first-order chi connectivity index (χ1) is 12.5. The van der Waals surface area contributed by atoms with Gasteiger partial charge in [-0.1, -0.05) is 43.7 Å². The molecule has 1 aliphatic heterocycles. The Kier molecular flexibility index (Phi) is 5.66. The molecule has 0 radical (unpaired) electrons. The number of hydrogen-bond acceptors (Lipinski definition) is 5. The van der Waals surface area contributed by atoms with E-state index in [9.17, 15) is 9.59 Å². The molecule has 2 amide bonds. The Labute approximate surface area is 157 Å². The SMILES string of the molecule is CCCC(C)c1nnc(NC(=O)C2CC(=O)N(c3cccc(C)c3)C2)s1. The average Bonchev–Trinajstić information content (AvgIpc) is 3.22. The maximum atomic E-state index is 12.6. The van der Waals surface area contributed by atoms with Crippen LogP contribution in [0, 0.1) is 12.8 Å².